The Morgan fingerprint density at radius 2 is 1.84 bits per heavy atom. The van der Waals surface area contributed by atoms with Crippen LogP contribution >= 0.6 is 0 Å². The van der Waals surface area contributed by atoms with Crippen LogP contribution in [0.2, 0.25) is 0 Å². The van der Waals surface area contributed by atoms with Crippen molar-refractivity contribution in [1.82, 2.24) is 20.4 Å². The molecule has 2 aliphatic heterocycles. The first-order valence-corrected chi connectivity index (χ1v) is 12.1. The molecule has 2 heterocycles. The van der Waals surface area contributed by atoms with Gasteiger partial charge in [-0.05, 0) is 43.9 Å². The Hall–Kier alpha value is -2.35. The maximum atomic E-state index is 13.5. The Kier molecular flexibility index (Phi) is 7.84. The van der Waals surface area contributed by atoms with Crippen LogP contribution in [0.25, 0.3) is 0 Å². The summed E-state index contributed by atoms with van der Waals surface area (Å²) < 4.78 is 13.5. The molecule has 2 N–H and O–H groups in total. The summed E-state index contributed by atoms with van der Waals surface area (Å²) in [7, 11) is 1.81. The summed E-state index contributed by atoms with van der Waals surface area (Å²) in [5.74, 6) is 1.34. The first-order chi connectivity index (χ1) is 15.6. The van der Waals surface area contributed by atoms with E-state index in [1.54, 1.807) is 12.1 Å². The second kappa shape index (κ2) is 11.0. The Balaban J connectivity index is 1.12. The van der Waals surface area contributed by atoms with Gasteiger partial charge in [0.05, 0.1) is 0 Å². The topological polar surface area (TPSA) is 63.2 Å². The number of halogens is 1. The molecule has 0 radical (unpaired) electrons. The van der Waals surface area contributed by atoms with Crippen LogP contribution < -0.4 is 15.5 Å². The SMILES string of the molecule is CN=C(NCCN1CCN(C(=O)C2CCC2)CC1)NC1CCN(c2cccc(F)c2)CC1. The molecule has 3 aliphatic rings. The average molecular weight is 445 g/mol. The Morgan fingerprint density at radius 3 is 2.47 bits per heavy atom. The molecule has 7 nitrogen and oxygen atoms in total. The molecule has 0 aromatic heterocycles. The Morgan fingerprint density at radius 1 is 1.09 bits per heavy atom. The molecule has 1 aromatic carbocycles. The van der Waals surface area contributed by atoms with Crippen LogP contribution in [0.3, 0.4) is 0 Å². The molecular formula is C24H37FN6O. The van der Waals surface area contributed by atoms with Crippen molar-refractivity contribution in [2.45, 2.75) is 38.1 Å². The van der Waals surface area contributed by atoms with E-state index in [1.807, 2.05) is 13.1 Å². The molecule has 0 bridgehead atoms. The van der Waals surface area contributed by atoms with Crippen LogP contribution in [-0.2, 0) is 4.79 Å². The molecule has 4 rings (SSSR count). The van der Waals surface area contributed by atoms with Crippen molar-refractivity contribution in [2.75, 3.05) is 64.3 Å². The lowest BCUT2D eigenvalue weighted by Crippen LogP contribution is -2.53. The van der Waals surface area contributed by atoms with Crippen LogP contribution in [0.15, 0.2) is 29.3 Å². The molecule has 176 valence electrons. The van der Waals surface area contributed by atoms with E-state index in [-0.39, 0.29) is 5.82 Å². The van der Waals surface area contributed by atoms with Crippen LogP contribution in [0.4, 0.5) is 10.1 Å². The van der Waals surface area contributed by atoms with Gasteiger partial charge >= 0.3 is 0 Å². The van der Waals surface area contributed by atoms with Gasteiger partial charge in [0.25, 0.3) is 0 Å². The number of nitrogens with zero attached hydrogens (tertiary/aromatic N) is 4. The summed E-state index contributed by atoms with van der Waals surface area (Å²) in [5, 5.41) is 6.98. The number of hydrogen-bond acceptors (Lipinski definition) is 4. The van der Waals surface area contributed by atoms with Gasteiger partial charge in [0.15, 0.2) is 5.96 Å². The van der Waals surface area contributed by atoms with E-state index < -0.39 is 0 Å². The molecule has 0 atom stereocenters. The van der Waals surface area contributed by atoms with Gasteiger partial charge in [-0.15, -0.1) is 0 Å². The number of piperidine rings is 1. The number of aliphatic imine (C=N–C) groups is 1. The molecular weight excluding hydrogens is 407 g/mol. The first kappa shape index (κ1) is 22.8. The average Bonchev–Trinajstić information content (AvgIpc) is 2.78. The summed E-state index contributed by atoms with van der Waals surface area (Å²) in [6.45, 7) is 7.19. The highest BCUT2D eigenvalue weighted by molar-refractivity contribution is 5.80. The molecule has 32 heavy (non-hydrogen) atoms. The highest BCUT2D eigenvalue weighted by Gasteiger charge is 2.31. The summed E-state index contributed by atoms with van der Waals surface area (Å²) in [5.41, 5.74) is 0.959. The van der Waals surface area contributed by atoms with Gasteiger partial charge in [0, 0.05) is 77.1 Å². The quantitative estimate of drug-likeness (QED) is 0.518. The number of piperazine rings is 1. The Bertz CT molecular complexity index is 782. The predicted octanol–water partition coefficient (Wildman–Crippen LogP) is 1.90. The lowest BCUT2D eigenvalue weighted by molar-refractivity contribution is -0.139. The smallest absolute Gasteiger partial charge is 0.225 e. The minimum Gasteiger partial charge on any atom is -0.371 e. The van der Waals surface area contributed by atoms with Gasteiger partial charge in [-0.2, -0.15) is 0 Å². The molecule has 1 aromatic rings. The summed E-state index contributed by atoms with van der Waals surface area (Å²) >= 11 is 0. The van der Waals surface area contributed by atoms with Gasteiger partial charge in [0.2, 0.25) is 5.91 Å². The van der Waals surface area contributed by atoms with E-state index in [1.165, 1.54) is 12.5 Å². The lowest BCUT2D eigenvalue weighted by Gasteiger charge is -2.38. The molecule has 2 saturated heterocycles. The zero-order chi connectivity index (χ0) is 22.3. The molecule has 3 fully saturated rings. The zero-order valence-corrected chi connectivity index (χ0v) is 19.2. The maximum absolute atomic E-state index is 13.5. The van der Waals surface area contributed by atoms with E-state index in [0.29, 0.717) is 17.9 Å². The van der Waals surface area contributed by atoms with Crippen LogP contribution in [0, 0.1) is 11.7 Å². The number of rotatable bonds is 6. The third kappa shape index (κ3) is 5.91. The second-order valence-electron chi connectivity index (χ2n) is 9.18. The fraction of sp³-hybridized carbons (Fsp3) is 0.667. The van der Waals surface area contributed by atoms with Gasteiger partial charge in [-0.25, -0.2) is 4.39 Å². The number of guanidine groups is 1. The highest BCUT2D eigenvalue weighted by Crippen LogP contribution is 2.28. The number of carbonyl (C=O) groups excluding carboxylic acids is 1. The largest absolute Gasteiger partial charge is 0.371 e. The van der Waals surface area contributed by atoms with Crippen molar-refractivity contribution in [3.63, 3.8) is 0 Å². The standard InChI is InChI=1S/C24H37FN6O/c1-26-24(28-21-8-11-30(12-9-21)22-7-3-6-20(25)18-22)27-10-13-29-14-16-31(17-15-29)23(32)19-4-2-5-19/h3,6-7,18-19,21H,2,4-5,8-17H2,1H3,(H2,26,27,28). The lowest BCUT2D eigenvalue weighted by atomic mass is 9.84. The number of hydrogen-bond donors (Lipinski definition) is 2. The zero-order valence-electron chi connectivity index (χ0n) is 19.2. The van der Waals surface area contributed by atoms with Gasteiger partial charge < -0.3 is 20.4 Å². The monoisotopic (exact) mass is 444 g/mol. The Labute approximate surface area is 191 Å². The number of carbonyl (C=O) groups is 1. The van der Waals surface area contributed by atoms with E-state index in [0.717, 1.165) is 89.7 Å². The van der Waals surface area contributed by atoms with E-state index in [2.05, 4.69) is 30.3 Å². The number of nitrogens with one attached hydrogen (secondary N) is 2. The highest BCUT2D eigenvalue weighted by atomic mass is 19.1. The summed E-state index contributed by atoms with van der Waals surface area (Å²) in [6, 6.07) is 7.21. The first-order valence-electron chi connectivity index (χ1n) is 12.1. The molecule has 0 spiro atoms. The molecule has 1 amide bonds. The van der Waals surface area contributed by atoms with Gasteiger partial charge in [-0.1, -0.05) is 12.5 Å². The van der Waals surface area contributed by atoms with E-state index in [4.69, 9.17) is 0 Å². The second-order valence-corrected chi connectivity index (χ2v) is 9.18. The molecule has 0 unspecified atom stereocenters. The molecule has 8 heteroatoms. The number of anilines is 1. The summed E-state index contributed by atoms with van der Waals surface area (Å²) in [4.78, 5) is 23.5. The third-order valence-corrected chi connectivity index (χ3v) is 7.09. The fourth-order valence-electron chi connectivity index (χ4n) is 4.78. The van der Waals surface area contributed by atoms with Gasteiger partial charge in [-0.3, -0.25) is 14.7 Å². The maximum Gasteiger partial charge on any atom is 0.225 e. The van der Waals surface area contributed by atoms with Crippen LogP contribution in [0.1, 0.15) is 32.1 Å². The van der Waals surface area contributed by atoms with Crippen LogP contribution in [-0.4, -0.2) is 87.1 Å². The van der Waals surface area contributed by atoms with Crippen LogP contribution in [0.5, 0.6) is 0 Å². The van der Waals surface area contributed by atoms with E-state index >= 15 is 0 Å². The summed E-state index contributed by atoms with van der Waals surface area (Å²) in [6.07, 6.45) is 5.36. The van der Waals surface area contributed by atoms with Gasteiger partial charge in [0.1, 0.15) is 5.82 Å². The van der Waals surface area contributed by atoms with Crippen molar-refractivity contribution in [3.8, 4) is 0 Å². The number of benzene rings is 1. The van der Waals surface area contributed by atoms with Crippen molar-refractivity contribution < 1.29 is 9.18 Å². The van der Waals surface area contributed by atoms with Crippen molar-refractivity contribution in [3.05, 3.63) is 30.1 Å². The minimum absolute atomic E-state index is 0.182. The van der Waals surface area contributed by atoms with Crippen molar-refractivity contribution >= 4 is 17.6 Å². The molecule has 1 aliphatic carbocycles. The molecule has 1 saturated carbocycles. The predicted molar refractivity (Wildman–Crippen MR) is 126 cm³/mol. The van der Waals surface area contributed by atoms with Crippen molar-refractivity contribution in [1.29, 1.82) is 0 Å². The number of amides is 1. The minimum atomic E-state index is -0.182. The normalized spacial score (nSPS) is 21.4. The third-order valence-electron chi connectivity index (χ3n) is 7.09. The van der Waals surface area contributed by atoms with E-state index in [9.17, 15) is 9.18 Å². The fourth-order valence-corrected chi connectivity index (χ4v) is 4.78. The van der Waals surface area contributed by atoms with Crippen molar-refractivity contribution in [2.24, 2.45) is 10.9 Å².